The first-order valence-corrected chi connectivity index (χ1v) is 6.27. The maximum Gasteiger partial charge on any atom is 0.336 e. The SMILES string of the molecule is O=C(CBr)Oc1cccc2c(C(=O)O)cccc12. The number of esters is 1. The number of carbonyl (C=O) groups is 2. The molecule has 4 nitrogen and oxygen atoms in total. The molecule has 2 rings (SSSR count). The molecule has 0 saturated heterocycles. The molecule has 5 heteroatoms. The fraction of sp³-hybridized carbons (Fsp3) is 0.0769. The monoisotopic (exact) mass is 308 g/mol. The molecule has 0 aliphatic carbocycles. The molecule has 0 saturated carbocycles. The summed E-state index contributed by atoms with van der Waals surface area (Å²) in [4.78, 5) is 22.3. The Kier molecular flexibility index (Phi) is 3.62. The molecule has 92 valence electrons. The maximum atomic E-state index is 11.3. The topological polar surface area (TPSA) is 63.6 Å². The molecule has 0 spiro atoms. The molecule has 0 fully saturated rings. The third-order valence-electron chi connectivity index (χ3n) is 2.45. The van der Waals surface area contributed by atoms with Gasteiger partial charge in [0.2, 0.25) is 0 Å². The van der Waals surface area contributed by atoms with Crippen molar-refractivity contribution in [3.63, 3.8) is 0 Å². The number of alkyl halides is 1. The summed E-state index contributed by atoms with van der Waals surface area (Å²) in [6.45, 7) is 0. The van der Waals surface area contributed by atoms with Crippen molar-refractivity contribution in [1.29, 1.82) is 0 Å². The van der Waals surface area contributed by atoms with Crippen molar-refractivity contribution in [2.45, 2.75) is 0 Å². The number of carboxylic acid groups (broad SMARTS) is 1. The molecule has 0 aliphatic rings. The van der Waals surface area contributed by atoms with Crippen LogP contribution in [0.5, 0.6) is 5.75 Å². The average Bonchev–Trinajstić information content (AvgIpc) is 2.38. The van der Waals surface area contributed by atoms with Gasteiger partial charge in [0.1, 0.15) is 11.1 Å². The van der Waals surface area contributed by atoms with Crippen molar-refractivity contribution in [2.24, 2.45) is 0 Å². The minimum absolute atomic E-state index is 0.0853. The largest absolute Gasteiger partial charge is 0.478 e. The Labute approximate surface area is 111 Å². The van der Waals surface area contributed by atoms with Gasteiger partial charge in [0.25, 0.3) is 0 Å². The van der Waals surface area contributed by atoms with Crippen LogP contribution >= 0.6 is 15.9 Å². The zero-order valence-corrected chi connectivity index (χ0v) is 10.8. The number of benzene rings is 2. The minimum Gasteiger partial charge on any atom is -0.478 e. The number of halogens is 1. The summed E-state index contributed by atoms with van der Waals surface area (Å²) in [7, 11) is 0. The molecule has 18 heavy (non-hydrogen) atoms. The van der Waals surface area contributed by atoms with Crippen LogP contribution in [0.1, 0.15) is 10.4 Å². The molecular weight excluding hydrogens is 300 g/mol. The van der Waals surface area contributed by atoms with Crippen molar-refractivity contribution < 1.29 is 19.4 Å². The van der Waals surface area contributed by atoms with E-state index in [1.807, 2.05) is 0 Å². The first-order chi connectivity index (χ1) is 8.63. The third kappa shape index (κ3) is 2.36. The number of ether oxygens (including phenoxy) is 1. The molecule has 0 heterocycles. The van der Waals surface area contributed by atoms with Crippen LogP contribution < -0.4 is 4.74 Å². The summed E-state index contributed by atoms with van der Waals surface area (Å²) in [6.07, 6.45) is 0. The zero-order chi connectivity index (χ0) is 13.1. The van der Waals surface area contributed by atoms with Crippen LogP contribution in [0, 0.1) is 0 Å². The van der Waals surface area contributed by atoms with Crippen molar-refractivity contribution in [2.75, 3.05) is 5.33 Å². The van der Waals surface area contributed by atoms with Gasteiger partial charge in [0.05, 0.1) is 5.56 Å². The summed E-state index contributed by atoms with van der Waals surface area (Å²) >= 11 is 3.01. The first-order valence-electron chi connectivity index (χ1n) is 5.15. The van der Waals surface area contributed by atoms with Gasteiger partial charge >= 0.3 is 11.9 Å². The van der Waals surface area contributed by atoms with E-state index in [0.29, 0.717) is 16.5 Å². The summed E-state index contributed by atoms with van der Waals surface area (Å²) in [6, 6.07) is 9.83. The average molecular weight is 309 g/mol. The predicted octanol–water partition coefficient (Wildman–Crippen LogP) is 2.84. The van der Waals surface area contributed by atoms with E-state index in [4.69, 9.17) is 9.84 Å². The lowest BCUT2D eigenvalue weighted by Crippen LogP contribution is -2.09. The molecule has 0 bridgehead atoms. The van der Waals surface area contributed by atoms with Crippen LogP contribution in [0.4, 0.5) is 0 Å². The van der Waals surface area contributed by atoms with E-state index in [1.165, 1.54) is 6.07 Å². The van der Waals surface area contributed by atoms with Gasteiger partial charge in [-0.3, -0.25) is 4.79 Å². The lowest BCUT2D eigenvalue weighted by Gasteiger charge is -2.08. The Morgan fingerprint density at radius 3 is 2.44 bits per heavy atom. The molecule has 0 unspecified atom stereocenters. The molecule has 0 aliphatic heterocycles. The number of carboxylic acids is 1. The summed E-state index contributed by atoms with van der Waals surface area (Å²) in [5, 5.41) is 10.3. The number of carbonyl (C=O) groups excluding carboxylic acids is 1. The maximum absolute atomic E-state index is 11.3. The van der Waals surface area contributed by atoms with E-state index in [-0.39, 0.29) is 10.9 Å². The fourth-order valence-corrected chi connectivity index (χ4v) is 1.82. The van der Waals surface area contributed by atoms with Gasteiger partial charge in [-0.05, 0) is 17.5 Å². The van der Waals surface area contributed by atoms with Crippen LogP contribution in [-0.4, -0.2) is 22.4 Å². The molecular formula is C13H9BrO4. The Bertz CT molecular complexity index is 621. The second-order valence-electron chi connectivity index (χ2n) is 3.57. The smallest absolute Gasteiger partial charge is 0.336 e. The minimum atomic E-state index is -1.01. The lowest BCUT2D eigenvalue weighted by molar-refractivity contribution is -0.131. The van der Waals surface area contributed by atoms with Crippen LogP contribution in [0.25, 0.3) is 10.8 Å². The van der Waals surface area contributed by atoms with Crippen LogP contribution in [0.2, 0.25) is 0 Å². The van der Waals surface area contributed by atoms with E-state index in [9.17, 15) is 9.59 Å². The van der Waals surface area contributed by atoms with E-state index in [2.05, 4.69) is 15.9 Å². The second kappa shape index (κ2) is 5.18. The van der Waals surface area contributed by atoms with E-state index < -0.39 is 11.9 Å². The number of hydrogen-bond acceptors (Lipinski definition) is 3. The Hall–Kier alpha value is -1.88. The van der Waals surface area contributed by atoms with Crippen molar-refractivity contribution >= 4 is 38.6 Å². The Morgan fingerprint density at radius 2 is 1.78 bits per heavy atom. The van der Waals surface area contributed by atoms with Gasteiger partial charge in [0, 0.05) is 5.39 Å². The van der Waals surface area contributed by atoms with Gasteiger partial charge < -0.3 is 9.84 Å². The number of aromatic carboxylic acids is 1. The van der Waals surface area contributed by atoms with Gasteiger partial charge in [-0.15, -0.1) is 0 Å². The molecule has 0 radical (unpaired) electrons. The van der Waals surface area contributed by atoms with Gasteiger partial charge in [-0.1, -0.05) is 40.2 Å². The van der Waals surface area contributed by atoms with Gasteiger partial charge in [-0.2, -0.15) is 0 Å². The van der Waals surface area contributed by atoms with Crippen molar-refractivity contribution in [1.82, 2.24) is 0 Å². The predicted molar refractivity (Wildman–Crippen MR) is 70.3 cm³/mol. The molecule has 2 aromatic rings. The Morgan fingerprint density at radius 1 is 1.11 bits per heavy atom. The lowest BCUT2D eigenvalue weighted by atomic mass is 10.0. The summed E-state index contributed by atoms with van der Waals surface area (Å²) in [5.41, 5.74) is 0.184. The van der Waals surface area contributed by atoms with E-state index in [1.54, 1.807) is 30.3 Å². The molecule has 1 N–H and O–H groups in total. The van der Waals surface area contributed by atoms with Crippen molar-refractivity contribution in [3.05, 3.63) is 42.0 Å². The van der Waals surface area contributed by atoms with Crippen LogP contribution in [-0.2, 0) is 4.79 Å². The highest BCUT2D eigenvalue weighted by Crippen LogP contribution is 2.28. The molecule has 0 atom stereocenters. The normalized spacial score (nSPS) is 10.3. The number of fused-ring (bicyclic) bond motifs is 1. The quantitative estimate of drug-likeness (QED) is 0.538. The van der Waals surface area contributed by atoms with E-state index in [0.717, 1.165) is 0 Å². The standard InChI is InChI=1S/C13H9BrO4/c14-7-12(15)18-11-6-2-3-8-9(11)4-1-5-10(8)13(16)17/h1-6H,7H2,(H,16,17). The van der Waals surface area contributed by atoms with E-state index >= 15 is 0 Å². The molecule has 2 aromatic carbocycles. The highest BCUT2D eigenvalue weighted by molar-refractivity contribution is 9.09. The summed E-state index contributed by atoms with van der Waals surface area (Å²) < 4.78 is 5.13. The number of rotatable bonds is 3. The highest BCUT2D eigenvalue weighted by Gasteiger charge is 2.12. The van der Waals surface area contributed by atoms with Crippen LogP contribution in [0.3, 0.4) is 0 Å². The third-order valence-corrected chi connectivity index (χ3v) is 2.90. The highest BCUT2D eigenvalue weighted by atomic mass is 79.9. The fourth-order valence-electron chi connectivity index (χ4n) is 1.71. The summed E-state index contributed by atoms with van der Waals surface area (Å²) in [5.74, 6) is -1.08. The zero-order valence-electron chi connectivity index (χ0n) is 9.22. The molecule has 0 amide bonds. The second-order valence-corrected chi connectivity index (χ2v) is 4.13. The van der Waals surface area contributed by atoms with Crippen molar-refractivity contribution in [3.8, 4) is 5.75 Å². The molecule has 0 aromatic heterocycles. The number of hydrogen-bond donors (Lipinski definition) is 1. The first kappa shape index (κ1) is 12.6. The van der Waals surface area contributed by atoms with Crippen LogP contribution in [0.15, 0.2) is 36.4 Å². The van der Waals surface area contributed by atoms with Gasteiger partial charge in [-0.25, -0.2) is 4.79 Å². The Balaban J connectivity index is 2.60. The van der Waals surface area contributed by atoms with Gasteiger partial charge in [0.15, 0.2) is 0 Å².